The summed E-state index contributed by atoms with van der Waals surface area (Å²) in [6, 6.07) is 18.1. The Bertz CT molecular complexity index is 1980. The third-order valence-corrected chi connectivity index (χ3v) is 13.0. The lowest BCUT2D eigenvalue weighted by atomic mass is 9.75. The molecule has 0 unspecified atom stereocenters. The van der Waals surface area contributed by atoms with E-state index in [9.17, 15) is 23.5 Å². The van der Waals surface area contributed by atoms with E-state index >= 15 is 4.39 Å². The fourth-order valence-electron chi connectivity index (χ4n) is 8.08. The highest BCUT2D eigenvalue weighted by molar-refractivity contribution is 7.89. The lowest BCUT2D eigenvalue weighted by Crippen LogP contribution is -2.63. The van der Waals surface area contributed by atoms with E-state index in [4.69, 9.17) is 21.1 Å². The van der Waals surface area contributed by atoms with Gasteiger partial charge in [0.15, 0.2) is 0 Å². The van der Waals surface area contributed by atoms with E-state index < -0.39 is 51.1 Å². The van der Waals surface area contributed by atoms with Crippen LogP contribution in [0.25, 0.3) is 10.4 Å². The number of rotatable bonds is 12. The Balaban J connectivity index is 1.30. The number of hydrogen-bond donors (Lipinski definition) is 0. The largest absolute Gasteiger partial charge is 0.444 e. The minimum atomic E-state index is -4.01. The van der Waals surface area contributed by atoms with Crippen LogP contribution in [0.4, 0.5) is 9.18 Å². The summed E-state index contributed by atoms with van der Waals surface area (Å²) in [5.41, 5.74) is 9.62. The Labute approximate surface area is 321 Å². The van der Waals surface area contributed by atoms with Crippen LogP contribution < -0.4 is 0 Å². The van der Waals surface area contributed by atoms with E-state index in [1.807, 2.05) is 12.1 Å². The Kier molecular flexibility index (Phi) is 12.0. The fraction of sp³-hybridized carbons (Fsp3) is 0.500. The first kappa shape index (κ1) is 39.7. The average Bonchev–Trinajstić information content (AvgIpc) is 3.90. The SMILES string of the molecule is CC(C)(C)OC(=O)N1C[C@H](CCc2c(F)cccc2CC(=O)[C@@H](N=[N+]=[N-])[C@@H](c2ccc(Cl)cc2)C2CCOCC2)N(S(=O)(=O)c2ccccc2)C2(CC2)C1. The summed E-state index contributed by atoms with van der Waals surface area (Å²) in [6.07, 6.45) is 2.01. The molecule has 0 radical (unpaired) electrons. The summed E-state index contributed by atoms with van der Waals surface area (Å²) in [7, 11) is -4.01. The van der Waals surface area contributed by atoms with Crippen LogP contribution in [0.3, 0.4) is 0 Å². The van der Waals surface area contributed by atoms with Gasteiger partial charge < -0.3 is 14.4 Å². The zero-order valence-electron chi connectivity index (χ0n) is 30.9. The quantitative estimate of drug-likeness (QED) is 0.103. The second-order valence-corrected chi connectivity index (χ2v) is 17.8. The molecule has 1 aliphatic carbocycles. The first-order valence-electron chi connectivity index (χ1n) is 18.5. The van der Waals surface area contributed by atoms with Gasteiger partial charge in [-0.2, -0.15) is 4.31 Å². The number of Topliss-reactive ketones (excluding diaryl/α,β-unsaturated/α-hetero) is 1. The van der Waals surface area contributed by atoms with Crippen LogP contribution in [-0.2, 0) is 37.1 Å². The van der Waals surface area contributed by atoms with Gasteiger partial charge in [0.2, 0.25) is 10.0 Å². The van der Waals surface area contributed by atoms with Crippen LogP contribution in [0.2, 0.25) is 5.02 Å². The molecule has 54 heavy (non-hydrogen) atoms. The number of ketones is 1. The second kappa shape index (κ2) is 16.4. The molecule has 2 aliphatic heterocycles. The minimum absolute atomic E-state index is 0.00197. The monoisotopic (exact) mass is 779 g/mol. The summed E-state index contributed by atoms with van der Waals surface area (Å²) >= 11 is 6.20. The van der Waals surface area contributed by atoms with Gasteiger partial charge in [-0.3, -0.25) is 4.79 Å². The van der Waals surface area contributed by atoms with Crippen molar-refractivity contribution in [2.45, 2.75) is 99.8 Å². The molecule has 3 fully saturated rings. The van der Waals surface area contributed by atoms with Crippen LogP contribution in [0.5, 0.6) is 0 Å². The molecule has 1 amide bonds. The standard InChI is InChI=1S/C40H47ClFN5O6S/c1-39(2,3)53-38(49)46-25-31(47(40(26-46)20-21-40)54(50,51)32-9-5-4-6-10-32)16-17-33-29(8-7-11-34(33)42)24-35(48)37(44-45-43)36(28-18-22-52-23-19-28)27-12-14-30(41)15-13-27/h4-15,28,31,36-37H,16-26H2,1-3H3/t31-,36-,37+/m0/s1. The molecule has 0 bridgehead atoms. The first-order valence-corrected chi connectivity index (χ1v) is 20.3. The minimum Gasteiger partial charge on any atom is -0.444 e. The molecule has 3 atom stereocenters. The van der Waals surface area contributed by atoms with Crippen LogP contribution in [0.1, 0.15) is 75.5 Å². The van der Waals surface area contributed by atoms with Crippen molar-refractivity contribution >= 4 is 33.5 Å². The predicted molar refractivity (Wildman–Crippen MR) is 203 cm³/mol. The number of amides is 1. The normalized spacial score (nSPS) is 20.2. The maximum atomic E-state index is 15.9. The molecule has 1 saturated carbocycles. The topological polar surface area (TPSA) is 142 Å². The van der Waals surface area contributed by atoms with Gasteiger partial charge >= 0.3 is 6.09 Å². The summed E-state index contributed by atoms with van der Waals surface area (Å²) in [4.78, 5) is 32.5. The highest BCUT2D eigenvalue weighted by Gasteiger charge is 2.60. The van der Waals surface area contributed by atoms with Crippen molar-refractivity contribution < 1.29 is 31.9 Å². The van der Waals surface area contributed by atoms with Crippen LogP contribution >= 0.6 is 11.6 Å². The lowest BCUT2D eigenvalue weighted by Gasteiger charge is -2.46. The van der Waals surface area contributed by atoms with Gasteiger partial charge in [0.25, 0.3) is 0 Å². The number of ether oxygens (including phenoxy) is 2. The summed E-state index contributed by atoms with van der Waals surface area (Å²) in [5.74, 6) is -1.33. The smallest absolute Gasteiger partial charge is 0.410 e. The number of nitrogens with zero attached hydrogens (tertiary/aromatic N) is 5. The van der Waals surface area contributed by atoms with E-state index in [1.165, 1.54) is 12.1 Å². The lowest BCUT2D eigenvalue weighted by molar-refractivity contribution is -0.120. The third-order valence-electron chi connectivity index (χ3n) is 10.7. The van der Waals surface area contributed by atoms with Crippen molar-refractivity contribution in [1.82, 2.24) is 9.21 Å². The Morgan fingerprint density at radius 1 is 1.06 bits per heavy atom. The van der Waals surface area contributed by atoms with Gasteiger partial charge in [-0.15, -0.1) is 0 Å². The number of halogens is 2. The molecule has 0 N–H and O–H groups in total. The maximum Gasteiger partial charge on any atom is 0.410 e. The molecule has 3 aliphatic rings. The fourth-order valence-corrected chi connectivity index (χ4v) is 10.2. The molecule has 3 aromatic carbocycles. The van der Waals surface area contributed by atoms with Gasteiger partial charge in [0.05, 0.1) is 10.4 Å². The molecule has 14 heteroatoms. The molecule has 0 aromatic heterocycles. The Hall–Kier alpha value is -4.00. The molecule has 1 spiro atoms. The molecule has 3 aromatic rings. The van der Waals surface area contributed by atoms with E-state index in [-0.39, 0.29) is 54.5 Å². The summed E-state index contributed by atoms with van der Waals surface area (Å²) in [5, 5.41) is 4.58. The van der Waals surface area contributed by atoms with Gasteiger partial charge in [0.1, 0.15) is 23.2 Å². The molecule has 11 nitrogen and oxygen atoms in total. The number of azide groups is 1. The van der Waals surface area contributed by atoms with Crippen molar-refractivity contribution in [3.63, 3.8) is 0 Å². The number of sulfonamides is 1. The van der Waals surface area contributed by atoms with Gasteiger partial charge in [-0.25, -0.2) is 17.6 Å². The van der Waals surface area contributed by atoms with Crippen molar-refractivity contribution in [2.75, 3.05) is 26.3 Å². The molecular weight excluding hydrogens is 733 g/mol. The Morgan fingerprint density at radius 2 is 1.74 bits per heavy atom. The number of hydrogen-bond acceptors (Lipinski definition) is 7. The van der Waals surface area contributed by atoms with Gasteiger partial charge in [0, 0.05) is 54.6 Å². The predicted octanol–water partition coefficient (Wildman–Crippen LogP) is 8.26. The molecule has 6 rings (SSSR count). The number of piperazine rings is 1. The first-order chi connectivity index (χ1) is 25.7. The molecular formula is C40H47ClFN5O6S. The molecule has 2 heterocycles. The van der Waals surface area contributed by atoms with Gasteiger partial charge in [-0.05, 0) is 118 Å². The second-order valence-electron chi connectivity index (χ2n) is 15.6. The number of carbonyl (C=O) groups is 2. The third kappa shape index (κ3) is 8.92. The number of benzene rings is 3. The van der Waals surface area contributed by atoms with Crippen LogP contribution in [0.15, 0.2) is 82.8 Å². The van der Waals surface area contributed by atoms with Crippen molar-refractivity contribution in [3.05, 3.63) is 111 Å². The van der Waals surface area contributed by atoms with Crippen molar-refractivity contribution in [3.8, 4) is 0 Å². The van der Waals surface area contributed by atoms with E-state index in [1.54, 1.807) is 78.5 Å². The highest BCUT2D eigenvalue weighted by Crippen LogP contribution is 2.49. The van der Waals surface area contributed by atoms with Crippen molar-refractivity contribution in [1.29, 1.82) is 0 Å². The van der Waals surface area contributed by atoms with Crippen LogP contribution in [-0.4, -0.2) is 79.0 Å². The summed E-state index contributed by atoms with van der Waals surface area (Å²) < 4.78 is 57.4. The molecule has 288 valence electrons. The number of carbonyl (C=O) groups excluding carboxylic acids is 2. The van der Waals surface area contributed by atoms with Crippen LogP contribution in [0, 0.1) is 11.7 Å². The van der Waals surface area contributed by atoms with E-state index in [2.05, 4.69) is 10.0 Å². The average molecular weight is 780 g/mol. The highest BCUT2D eigenvalue weighted by atomic mass is 35.5. The molecule has 2 saturated heterocycles. The van der Waals surface area contributed by atoms with E-state index in [0.717, 1.165) is 5.56 Å². The van der Waals surface area contributed by atoms with Gasteiger partial charge in [-0.1, -0.05) is 59.2 Å². The van der Waals surface area contributed by atoms with Crippen molar-refractivity contribution in [2.24, 2.45) is 11.0 Å². The van der Waals surface area contributed by atoms with E-state index in [0.29, 0.717) is 49.5 Å². The zero-order chi connectivity index (χ0) is 38.7. The zero-order valence-corrected chi connectivity index (χ0v) is 32.4. The summed E-state index contributed by atoms with van der Waals surface area (Å²) in [6.45, 7) is 6.61. The Morgan fingerprint density at radius 3 is 2.37 bits per heavy atom. The maximum absolute atomic E-state index is 15.9.